The van der Waals surface area contributed by atoms with Gasteiger partial charge in [0.25, 0.3) is 23.6 Å². The van der Waals surface area contributed by atoms with Crippen LogP contribution in [0.4, 0.5) is 11.4 Å². The largest absolute Gasteiger partial charge is 0.476 e. The number of nitrogens with one attached hydrogen (secondary N) is 1. The quantitative estimate of drug-likeness (QED) is 0.204. The Morgan fingerprint density at radius 1 is 0.698 bits per heavy atom. The van der Waals surface area contributed by atoms with Crippen LogP contribution >= 0.6 is 0 Å². The Hall–Kier alpha value is -4.65. The zero-order valence-corrected chi connectivity index (χ0v) is 40.2. The van der Waals surface area contributed by atoms with E-state index in [1.807, 2.05) is 54.8 Å². The Morgan fingerprint density at radius 2 is 1.10 bits per heavy atom. The molecule has 0 saturated heterocycles. The van der Waals surface area contributed by atoms with Gasteiger partial charge in [-0.05, 0) is 137 Å². The van der Waals surface area contributed by atoms with Gasteiger partial charge in [-0.25, -0.2) is 0 Å². The summed E-state index contributed by atoms with van der Waals surface area (Å²) in [4.78, 5) is 72.9. The maximum Gasteiger partial charge on any atom is 0.270 e. The average Bonchev–Trinajstić information content (AvgIpc) is 3.21. The first-order valence-electron chi connectivity index (χ1n) is 23.7. The zero-order chi connectivity index (χ0) is 46.4. The molecular weight excluding hydrogens is 797 g/mol. The fourth-order valence-corrected chi connectivity index (χ4v) is 9.73. The number of amides is 5. The van der Waals surface area contributed by atoms with Gasteiger partial charge in [-0.1, -0.05) is 45.4 Å². The van der Waals surface area contributed by atoms with Gasteiger partial charge in [0.1, 0.15) is 11.5 Å². The minimum Gasteiger partial charge on any atom is -0.476 e. The summed E-state index contributed by atoms with van der Waals surface area (Å²) in [6.07, 6.45) is 12.5. The lowest BCUT2D eigenvalue weighted by Crippen LogP contribution is -2.54. The van der Waals surface area contributed by atoms with Gasteiger partial charge in [0.2, 0.25) is 5.91 Å². The third kappa shape index (κ3) is 11.2. The van der Waals surface area contributed by atoms with E-state index in [-0.39, 0.29) is 53.7 Å². The Morgan fingerprint density at radius 3 is 1.46 bits per heavy atom. The van der Waals surface area contributed by atoms with Gasteiger partial charge in [-0.3, -0.25) is 24.0 Å². The molecule has 2 aliphatic carbocycles. The van der Waals surface area contributed by atoms with Gasteiger partial charge in [0.15, 0.2) is 11.2 Å². The van der Waals surface area contributed by atoms with Crippen LogP contribution in [0.2, 0.25) is 0 Å². The number of carbonyl (C=O) groups excluding carboxylic acids is 5. The van der Waals surface area contributed by atoms with E-state index in [1.54, 1.807) is 37.5 Å². The number of ether oxygens (including phenoxy) is 2. The molecule has 2 fully saturated rings. The van der Waals surface area contributed by atoms with Crippen molar-refractivity contribution in [3.63, 3.8) is 0 Å². The molecular formula is C50H76N6O7. The predicted molar refractivity (Wildman–Crippen MR) is 250 cm³/mol. The molecule has 0 aromatic heterocycles. The fourth-order valence-electron chi connectivity index (χ4n) is 9.73. The smallest absolute Gasteiger partial charge is 0.270 e. The Balaban J connectivity index is 0.000000240. The van der Waals surface area contributed by atoms with Crippen molar-refractivity contribution in [2.75, 3.05) is 36.0 Å². The van der Waals surface area contributed by atoms with Crippen LogP contribution in [0.5, 0.6) is 11.5 Å². The number of fused-ring (bicyclic) bond motifs is 2. The molecule has 5 amide bonds. The van der Waals surface area contributed by atoms with Crippen LogP contribution in [0.25, 0.3) is 0 Å². The van der Waals surface area contributed by atoms with Crippen molar-refractivity contribution in [2.45, 2.75) is 189 Å². The van der Waals surface area contributed by atoms with Crippen molar-refractivity contribution >= 4 is 40.9 Å². The summed E-state index contributed by atoms with van der Waals surface area (Å²) in [5.74, 6) is 0.930. The average molecular weight is 873 g/mol. The molecule has 0 radical (unpaired) electrons. The van der Waals surface area contributed by atoms with E-state index in [4.69, 9.17) is 15.2 Å². The number of benzene rings is 2. The van der Waals surface area contributed by atoms with Crippen molar-refractivity contribution in [2.24, 2.45) is 5.73 Å². The van der Waals surface area contributed by atoms with Crippen LogP contribution in [-0.4, -0.2) is 101 Å². The molecule has 0 spiro atoms. The predicted octanol–water partition coefficient (Wildman–Crippen LogP) is 8.24. The summed E-state index contributed by atoms with van der Waals surface area (Å²) >= 11 is 0. The first-order valence-corrected chi connectivity index (χ1v) is 23.7. The molecule has 2 aliphatic heterocycles. The first kappa shape index (κ1) is 49.4. The van der Waals surface area contributed by atoms with Gasteiger partial charge < -0.3 is 40.1 Å². The SMILES string of the molecule is CCCC(=O)NCCN1C(=O)C(C)(C)Oc2cc(C)c(C(=O)N(C(C)C)C3CCCCC3)cc21.Cc1cc2c(cc1C(=O)N(C(C)C)C1CCCCC1)N(CCN)C(=O)C(C)(C)O2. The van der Waals surface area contributed by atoms with Crippen molar-refractivity contribution in [3.05, 3.63) is 46.5 Å². The molecule has 63 heavy (non-hydrogen) atoms. The Bertz CT molecular complexity index is 1980. The standard InChI is InChI=1S/C27H41N3O4.C23H35N3O3/c1-7-11-24(31)28-14-15-29-22-17-21(19(4)16-23(22)34-27(5,6)26(29)33)25(32)30(18(2)3)20-12-9-8-10-13-20;1-15(2)26(17-9-7-6-8-10-17)21(27)18-14-19-20(13-16(18)3)29-23(4,5)22(28)25(19)12-11-24/h16-18,20H,7-15H2,1-6H3,(H,28,31);13-15,17H,6-12,24H2,1-5H3. The van der Waals surface area contributed by atoms with Gasteiger partial charge in [-0.2, -0.15) is 0 Å². The minimum absolute atomic E-state index is 0.00989. The summed E-state index contributed by atoms with van der Waals surface area (Å²) in [5.41, 5.74) is 7.98. The second-order valence-electron chi connectivity index (χ2n) is 19.5. The molecule has 0 atom stereocenters. The van der Waals surface area contributed by atoms with E-state index in [0.29, 0.717) is 66.6 Å². The molecule has 2 saturated carbocycles. The van der Waals surface area contributed by atoms with Crippen molar-refractivity contribution < 1.29 is 33.4 Å². The molecule has 13 nitrogen and oxygen atoms in total. The molecule has 2 aromatic carbocycles. The highest BCUT2D eigenvalue weighted by Crippen LogP contribution is 2.42. The monoisotopic (exact) mass is 873 g/mol. The number of carbonyl (C=O) groups is 5. The second kappa shape index (κ2) is 20.9. The highest BCUT2D eigenvalue weighted by molar-refractivity contribution is 6.06. The second-order valence-corrected chi connectivity index (χ2v) is 19.5. The van der Waals surface area contributed by atoms with Gasteiger partial charge >= 0.3 is 0 Å². The molecule has 0 unspecified atom stereocenters. The number of anilines is 2. The lowest BCUT2D eigenvalue weighted by molar-refractivity contribution is -0.133. The highest BCUT2D eigenvalue weighted by Gasteiger charge is 2.43. The number of hydrogen-bond acceptors (Lipinski definition) is 8. The maximum atomic E-state index is 13.8. The Labute approximate surface area is 376 Å². The highest BCUT2D eigenvalue weighted by atomic mass is 16.5. The fraction of sp³-hybridized carbons (Fsp3) is 0.660. The summed E-state index contributed by atoms with van der Waals surface area (Å²) in [7, 11) is 0. The Kier molecular flexibility index (Phi) is 16.4. The van der Waals surface area contributed by atoms with Crippen LogP contribution in [-0.2, 0) is 14.4 Å². The number of nitrogens with zero attached hydrogens (tertiary/aromatic N) is 4. The lowest BCUT2D eigenvalue weighted by Gasteiger charge is -2.40. The summed E-state index contributed by atoms with van der Waals surface area (Å²) < 4.78 is 12.1. The van der Waals surface area contributed by atoms with Crippen LogP contribution in [0.15, 0.2) is 24.3 Å². The minimum atomic E-state index is -1.02. The summed E-state index contributed by atoms with van der Waals surface area (Å²) in [5, 5.41) is 2.89. The van der Waals surface area contributed by atoms with Crippen LogP contribution in [0, 0.1) is 13.8 Å². The van der Waals surface area contributed by atoms with Gasteiger partial charge in [0, 0.05) is 67.9 Å². The molecule has 2 aromatic rings. The zero-order valence-electron chi connectivity index (χ0n) is 40.2. The summed E-state index contributed by atoms with van der Waals surface area (Å²) in [6, 6.07) is 8.14. The van der Waals surface area contributed by atoms with Crippen molar-refractivity contribution in [1.29, 1.82) is 0 Å². The van der Waals surface area contributed by atoms with Crippen LogP contribution in [0.3, 0.4) is 0 Å². The number of rotatable bonds is 13. The molecule has 3 N–H and O–H groups in total. The van der Waals surface area contributed by atoms with E-state index in [0.717, 1.165) is 56.1 Å². The first-order chi connectivity index (χ1) is 29.7. The van der Waals surface area contributed by atoms with Crippen LogP contribution < -0.4 is 30.3 Å². The molecule has 13 heteroatoms. The van der Waals surface area contributed by atoms with Gasteiger partial charge in [-0.15, -0.1) is 0 Å². The summed E-state index contributed by atoms with van der Waals surface area (Å²) in [6.45, 7) is 22.6. The van der Waals surface area contributed by atoms with Crippen LogP contribution in [0.1, 0.15) is 171 Å². The van der Waals surface area contributed by atoms with Crippen molar-refractivity contribution in [3.8, 4) is 11.5 Å². The number of nitrogens with two attached hydrogens (primary N) is 1. The third-order valence-corrected chi connectivity index (χ3v) is 12.9. The van der Waals surface area contributed by atoms with E-state index in [9.17, 15) is 24.0 Å². The van der Waals surface area contributed by atoms with E-state index in [1.165, 1.54) is 25.7 Å². The van der Waals surface area contributed by atoms with Crippen molar-refractivity contribution in [1.82, 2.24) is 15.1 Å². The lowest BCUT2D eigenvalue weighted by atomic mass is 9.92. The van der Waals surface area contributed by atoms with E-state index in [2.05, 4.69) is 33.0 Å². The molecule has 2 heterocycles. The molecule has 6 rings (SSSR count). The number of aryl methyl sites for hydroxylation is 2. The third-order valence-electron chi connectivity index (χ3n) is 12.9. The number of hydrogen-bond donors (Lipinski definition) is 2. The topological polar surface area (TPSA) is 155 Å². The van der Waals surface area contributed by atoms with E-state index < -0.39 is 11.2 Å². The van der Waals surface area contributed by atoms with Gasteiger partial charge in [0.05, 0.1) is 11.4 Å². The maximum absolute atomic E-state index is 13.8. The molecule has 348 valence electrons. The van der Waals surface area contributed by atoms with E-state index >= 15 is 0 Å². The molecule has 0 bridgehead atoms. The normalized spacial score (nSPS) is 18.4. The molecule has 4 aliphatic rings.